The van der Waals surface area contributed by atoms with Crippen molar-refractivity contribution in [2.75, 3.05) is 33.3 Å². The third kappa shape index (κ3) is 6.51. The second-order valence-corrected chi connectivity index (χ2v) is 8.84. The Morgan fingerprint density at radius 1 is 1.03 bits per heavy atom. The van der Waals surface area contributed by atoms with Crippen LogP contribution in [0.15, 0.2) is 53.0 Å². The fraction of sp³-hybridized carbons (Fsp3) is 0.185. The highest BCUT2D eigenvalue weighted by Crippen LogP contribution is 2.38. The van der Waals surface area contributed by atoms with Crippen LogP contribution in [0.1, 0.15) is 16.7 Å². The Morgan fingerprint density at radius 2 is 1.75 bits per heavy atom. The molecule has 3 rings (SSSR count). The largest absolute Gasteiger partial charge is 0.493 e. The van der Waals surface area contributed by atoms with Gasteiger partial charge >= 0.3 is 0 Å². The average Bonchev–Trinajstić information content (AvgIpc) is 2.88. The lowest BCUT2D eigenvalue weighted by Gasteiger charge is -2.14. The number of carbonyl (C=O) groups excluding carboxylic acids is 1. The summed E-state index contributed by atoms with van der Waals surface area (Å²) in [5.74, 6) is 1.49. The van der Waals surface area contributed by atoms with Crippen molar-refractivity contribution in [3.8, 4) is 29.1 Å². The fourth-order valence-corrected chi connectivity index (χ4v) is 4.07. The van der Waals surface area contributed by atoms with Gasteiger partial charge in [0.2, 0.25) is 0 Å². The molecule has 9 heteroatoms. The van der Waals surface area contributed by atoms with E-state index in [1.807, 2.05) is 13.0 Å². The number of hydrogen-bond donors (Lipinski definition) is 1. The second-order valence-electron chi connectivity index (χ2n) is 7.57. The summed E-state index contributed by atoms with van der Waals surface area (Å²) in [7, 11) is 4.58. The standard InChI is InChI=1S/C27H24BrClN2O5/c1-16-5-7-20(13-22(16)29)31-26(32)15-36-27-21(28)10-17(11-25(27)35-4)9-19(14-30)18-6-8-23(33-2)24(12-18)34-3/h5-13H,15H2,1-4H3,(H,31,32)/b19-9+. The fourth-order valence-electron chi connectivity index (χ4n) is 3.32. The number of allylic oxidation sites excluding steroid dienone is 1. The highest BCUT2D eigenvalue weighted by atomic mass is 79.9. The first-order valence-electron chi connectivity index (χ1n) is 10.7. The van der Waals surface area contributed by atoms with E-state index in [-0.39, 0.29) is 12.5 Å². The Labute approximate surface area is 223 Å². The number of benzene rings is 3. The maximum atomic E-state index is 12.4. The quantitative estimate of drug-likeness (QED) is 0.232. The molecule has 1 N–H and O–H groups in total. The second kappa shape index (κ2) is 12.3. The van der Waals surface area contributed by atoms with E-state index in [9.17, 15) is 10.1 Å². The molecule has 3 aromatic carbocycles. The first-order chi connectivity index (χ1) is 17.3. The number of halogens is 2. The van der Waals surface area contributed by atoms with E-state index >= 15 is 0 Å². The highest BCUT2D eigenvalue weighted by Gasteiger charge is 2.15. The third-order valence-corrected chi connectivity index (χ3v) is 6.18. The first-order valence-corrected chi connectivity index (χ1v) is 11.9. The van der Waals surface area contributed by atoms with Crippen LogP contribution in [-0.2, 0) is 4.79 Å². The predicted octanol–water partition coefficient (Wildman–Crippen LogP) is 6.52. The first kappa shape index (κ1) is 26.9. The van der Waals surface area contributed by atoms with Crippen LogP contribution in [0.25, 0.3) is 11.6 Å². The van der Waals surface area contributed by atoms with Crippen molar-refractivity contribution in [1.82, 2.24) is 0 Å². The Bertz CT molecular complexity index is 1350. The summed E-state index contributed by atoms with van der Waals surface area (Å²) in [5.41, 5.74) is 3.26. The molecule has 0 unspecified atom stereocenters. The molecule has 0 bridgehead atoms. The zero-order valence-electron chi connectivity index (χ0n) is 20.1. The molecule has 0 radical (unpaired) electrons. The van der Waals surface area contributed by atoms with E-state index in [1.54, 1.807) is 55.7 Å². The molecule has 36 heavy (non-hydrogen) atoms. The van der Waals surface area contributed by atoms with Gasteiger partial charge in [-0.05, 0) is 88.1 Å². The molecule has 1 amide bonds. The zero-order valence-corrected chi connectivity index (χ0v) is 22.5. The SMILES string of the molecule is COc1ccc(/C(C#N)=C/c2cc(Br)c(OCC(=O)Nc3ccc(C)c(Cl)c3)c(OC)c2)cc1OC. The summed E-state index contributed by atoms with van der Waals surface area (Å²) in [6, 6.07) is 16.2. The van der Waals surface area contributed by atoms with Crippen LogP contribution in [0, 0.1) is 18.3 Å². The smallest absolute Gasteiger partial charge is 0.262 e. The monoisotopic (exact) mass is 570 g/mol. The zero-order chi connectivity index (χ0) is 26.2. The van der Waals surface area contributed by atoms with Gasteiger partial charge in [0.25, 0.3) is 5.91 Å². The van der Waals surface area contributed by atoms with Crippen LogP contribution in [0.4, 0.5) is 5.69 Å². The number of carbonyl (C=O) groups is 1. The molecular weight excluding hydrogens is 548 g/mol. The van der Waals surface area contributed by atoms with Gasteiger partial charge in [-0.15, -0.1) is 0 Å². The molecule has 0 heterocycles. The average molecular weight is 572 g/mol. The van der Waals surface area contributed by atoms with E-state index in [0.29, 0.717) is 54.9 Å². The van der Waals surface area contributed by atoms with E-state index in [2.05, 4.69) is 27.3 Å². The van der Waals surface area contributed by atoms with E-state index < -0.39 is 0 Å². The summed E-state index contributed by atoms with van der Waals surface area (Å²) in [6.07, 6.45) is 1.71. The molecule has 3 aromatic rings. The number of rotatable bonds is 9. The van der Waals surface area contributed by atoms with E-state index in [4.69, 9.17) is 30.5 Å². The number of nitriles is 1. The number of amides is 1. The molecule has 0 spiro atoms. The molecule has 0 saturated heterocycles. The minimum atomic E-state index is -0.354. The lowest BCUT2D eigenvalue weighted by Crippen LogP contribution is -2.20. The van der Waals surface area contributed by atoms with Crippen molar-refractivity contribution in [2.24, 2.45) is 0 Å². The molecule has 0 aliphatic heterocycles. The van der Waals surface area contributed by atoms with Crippen LogP contribution in [0.3, 0.4) is 0 Å². The summed E-state index contributed by atoms with van der Waals surface area (Å²) in [4.78, 5) is 12.4. The Balaban J connectivity index is 1.80. The number of aryl methyl sites for hydroxylation is 1. The maximum absolute atomic E-state index is 12.4. The number of hydrogen-bond acceptors (Lipinski definition) is 6. The van der Waals surface area contributed by atoms with Crippen LogP contribution < -0.4 is 24.3 Å². The van der Waals surface area contributed by atoms with Crippen LogP contribution in [0.2, 0.25) is 5.02 Å². The molecule has 0 aromatic heterocycles. The van der Waals surface area contributed by atoms with Gasteiger partial charge in [0.05, 0.1) is 37.4 Å². The minimum absolute atomic E-state index is 0.245. The van der Waals surface area contributed by atoms with E-state index in [0.717, 1.165) is 5.56 Å². The van der Waals surface area contributed by atoms with Crippen LogP contribution in [-0.4, -0.2) is 33.8 Å². The molecule has 7 nitrogen and oxygen atoms in total. The number of nitrogens with one attached hydrogen (secondary N) is 1. The molecule has 0 aliphatic carbocycles. The van der Waals surface area contributed by atoms with Crippen molar-refractivity contribution in [2.45, 2.75) is 6.92 Å². The minimum Gasteiger partial charge on any atom is -0.493 e. The van der Waals surface area contributed by atoms with Crippen molar-refractivity contribution < 1.29 is 23.7 Å². The maximum Gasteiger partial charge on any atom is 0.262 e. The Hall–Kier alpha value is -3.67. The van der Waals surface area contributed by atoms with Crippen molar-refractivity contribution in [1.29, 1.82) is 5.26 Å². The van der Waals surface area contributed by atoms with Gasteiger partial charge in [-0.2, -0.15) is 5.26 Å². The molecule has 0 aliphatic rings. The van der Waals surface area contributed by atoms with Gasteiger partial charge in [-0.3, -0.25) is 4.79 Å². The van der Waals surface area contributed by atoms with Crippen molar-refractivity contribution in [3.63, 3.8) is 0 Å². The Kier molecular flexibility index (Phi) is 9.23. The molecule has 0 saturated carbocycles. The summed E-state index contributed by atoms with van der Waals surface area (Å²) in [5, 5.41) is 13.1. The number of anilines is 1. The lowest BCUT2D eigenvalue weighted by atomic mass is 10.0. The van der Waals surface area contributed by atoms with Gasteiger partial charge in [0.1, 0.15) is 0 Å². The topological polar surface area (TPSA) is 89.8 Å². The molecule has 0 atom stereocenters. The molecule has 186 valence electrons. The van der Waals surface area contributed by atoms with E-state index in [1.165, 1.54) is 14.2 Å². The van der Waals surface area contributed by atoms with Gasteiger partial charge in [0.15, 0.2) is 29.6 Å². The predicted molar refractivity (Wildman–Crippen MR) is 144 cm³/mol. The number of methoxy groups -OCH3 is 3. The van der Waals surface area contributed by atoms with Crippen LogP contribution in [0.5, 0.6) is 23.0 Å². The number of ether oxygens (including phenoxy) is 4. The summed E-state index contributed by atoms with van der Waals surface area (Å²) in [6.45, 7) is 1.64. The van der Waals surface area contributed by atoms with Gasteiger partial charge in [-0.1, -0.05) is 17.7 Å². The normalized spacial score (nSPS) is 10.9. The van der Waals surface area contributed by atoms with Gasteiger partial charge in [0, 0.05) is 10.7 Å². The highest BCUT2D eigenvalue weighted by molar-refractivity contribution is 9.10. The van der Waals surface area contributed by atoms with Gasteiger partial charge in [-0.25, -0.2) is 0 Å². The Morgan fingerprint density at radius 3 is 2.39 bits per heavy atom. The van der Waals surface area contributed by atoms with Crippen molar-refractivity contribution >= 4 is 50.8 Å². The molecule has 0 fully saturated rings. The molecular formula is C27H24BrClN2O5. The lowest BCUT2D eigenvalue weighted by molar-refractivity contribution is -0.118. The third-order valence-electron chi connectivity index (χ3n) is 5.18. The summed E-state index contributed by atoms with van der Waals surface area (Å²) < 4.78 is 22.4. The summed E-state index contributed by atoms with van der Waals surface area (Å²) >= 11 is 9.60. The van der Waals surface area contributed by atoms with Crippen LogP contribution >= 0.6 is 27.5 Å². The van der Waals surface area contributed by atoms with Gasteiger partial charge < -0.3 is 24.3 Å². The number of nitrogens with zero attached hydrogens (tertiary/aromatic N) is 1. The van der Waals surface area contributed by atoms with Crippen molar-refractivity contribution in [3.05, 3.63) is 74.7 Å².